The maximum atomic E-state index is 13.1. The van der Waals surface area contributed by atoms with Gasteiger partial charge >= 0.3 is 0 Å². The number of ketones is 1. The lowest BCUT2D eigenvalue weighted by atomic mass is 10.1. The fraction of sp³-hybridized carbons (Fsp3) is 0.167. The van der Waals surface area contributed by atoms with Crippen molar-refractivity contribution in [2.24, 2.45) is 0 Å². The number of pyridine rings is 1. The highest BCUT2D eigenvalue weighted by Gasteiger charge is 2.30. The average molecular weight is 440 g/mol. The van der Waals surface area contributed by atoms with Gasteiger partial charge < -0.3 is 14.8 Å². The molecule has 0 saturated carbocycles. The molecule has 0 radical (unpaired) electrons. The molecule has 1 N–H and O–H groups in total. The summed E-state index contributed by atoms with van der Waals surface area (Å²) < 4.78 is 0. The van der Waals surface area contributed by atoms with Crippen LogP contribution in [0.25, 0.3) is 22.3 Å². The Morgan fingerprint density at radius 2 is 1.61 bits per heavy atom. The van der Waals surface area contributed by atoms with Gasteiger partial charge in [0.25, 0.3) is 17.6 Å². The van der Waals surface area contributed by atoms with E-state index < -0.39 is 11.7 Å². The van der Waals surface area contributed by atoms with E-state index in [0.29, 0.717) is 54.0 Å². The lowest BCUT2D eigenvalue weighted by molar-refractivity contribution is -0.127. The van der Waals surface area contributed by atoms with E-state index in [1.54, 1.807) is 47.9 Å². The first-order valence-electron chi connectivity index (χ1n) is 10.5. The Kier molecular flexibility index (Phi) is 5.35. The molecule has 0 spiro atoms. The SMILES string of the molecule is O=C(C(=O)N1CCN(C(=O)c2ccccc2)CC1)c1c[nH]c2c(-c3cnccn3)nccc12. The minimum Gasteiger partial charge on any atom is -0.359 e. The first-order chi connectivity index (χ1) is 16.1. The molecule has 1 saturated heterocycles. The summed E-state index contributed by atoms with van der Waals surface area (Å²) in [6.07, 6.45) is 7.83. The number of hydrogen-bond donors (Lipinski definition) is 1. The van der Waals surface area contributed by atoms with Gasteiger partial charge in [0.2, 0.25) is 0 Å². The molecule has 3 aromatic heterocycles. The highest BCUT2D eigenvalue weighted by atomic mass is 16.2. The molecule has 1 fully saturated rings. The van der Waals surface area contributed by atoms with E-state index in [4.69, 9.17) is 0 Å². The van der Waals surface area contributed by atoms with Crippen LogP contribution in [0, 0.1) is 0 Å². The van der Waals surface area contributed by atoms with Crippen LogP contribution in [0.15, 0.2) is 67.4 Å². The van der Waals surface area contributed by atoms with Crippen LogP contribution in [0.4, 0.5) is 0 Å². The Morgan fingerprint density at radius 1 is 0.848 bits per heavy atom. The summed E-state index contributed by atoms with van der Waals surface area (Å²) in [6, 6.07) is 10.7. The maximum absolute atomic E-state index is 13.1. The fourth-order valence-corrected chi connectivity index (χ4v) is 3.99. The molecule has 33 heavy (non-hydrogen) atoms. The smallest absolute Gasteiger partial charge is 0.295 e. The standard InChI is InChI=1S/C24H20N6O3/c31-22(18-14-28-20-17(18)6-7-27-21(20)19-15-25-8-9-26-19)24(33)30-12-10-29(11-13-30)23(32)16-4-2-1-3-5-16/h1-9,14-15,28H,10-13H2. The Labute approximate surface area is 189 Å². The second-order valence-electron chi connectivity index (χ2n) is 7.65. The summed E-state index contributed by atoms with van der Waals surface area (Å²) >= 11 is 0. The van der Waals surface area contributed by atoms with Crippen molar-refractivity contribution in [1.82, 2.24) is 29.7 Å². The molecular weight excluding hydrogens is 420 g/mol. The Hall–Kier alpha value is -4.40. The number of nitrogens with zero attached hydrogens (tertiary/aromatic N) is 5. The Balaban J connectivity index is 1.31. The third-order valence-corrected chi connectivity index (χ3v) is 5.72. The number of carbonyl (C=O) groups excluding carboxylic acids is 3. The molecule has 0 aliphatic carbocycles. The average Bonchev–Trinajstić information content (AvgIpc) is 3.33. The third-order valence-electron chi connectivity index (χ3n) is 5.72. The first-order valence-corrected chi connectivity index (χ1v) is 10.5. The van der Waals surface area contributed by atoms with E-state index in [1.807, 2.05) is 18.2 Å². The third kappa shape index (κ3) is 3.84. The van der Waals surface area contributed by atoms with Crippen LogP contribution in [-0.2, 0) is 4.79 Å². The molecule has 5 rings (SSSR count). The van der Waals surface area contributed by atoms with Crippen LogP contribution < -0.4 is 0 Å². The summed E-state index contributed by atoms with van der Waals surface area (Å²) in [5.74, 6) is -1.25. The predicted molar refractivity (Wildman–Crippen MR) is 120 cm³/mol. The maximum Gasteiger partial charge on any atom is 0.295 e. The molecule has 1 aromatic carbocycles. The molecular formula is C24H20N6O3. The van der Waals surface area contributed by atoms with E-state index >= 15 is 0 Å². The van der Waals surface area contributed by atoms with Gasteiger partial charge in [0.1, 0.15) is 11.4 Å². The zero-order valence-electron chi connectivity index (χ0n) is 17.6. The monoisotopic (exact) mass is 440 g/mol. The number of Topliss-reactive ketones (excluding diaryl/α,β-unsaturated/α-hetero) is 1. The van der Waals surface area contributed by atoms with Gasteiger partial charge in [-0.3, -0.25) is 29.3 Å². The second kappa shape index (κ2) is 8.62. The molecule has 2 amide bonds. The number of hydrogen-bond acceptors (Lipinski definition) is 6. The largest absolute Gasteiger partial charge is 0.359 e. The normalized spacial score (nSPS) is 13.8. The lowest BCUT2D eigenvalue weighted by Crippen LogP contribution is -2.52. The molecule has 164 valence electrons. The molecule has 0 bridgehead atoms. The van der Waals surface area contributed by atoms with Crippen LogP contribution in [0.1, 0.15) is 20.7 Å². The van der Waals surface area contributed by atoms with Crippen molar-refractivity contribution in [3.8, 4) is 11.4 Å². The van der Waals surface area contributed by atoms with Crippen LogP contribution in [0.2, 0.25) is 0 Å². The first kappa shape index (κ1) is 20.5. The predicted octanol–water partition coefficient (Wildman–Crippen LogP) is 2.19. The van der Waals surface area contributed by atoms with Crippen molar-refractivity contribution in [2.45, 2.75) is 0 Å². The summed E-state index contributed by atoms with van der Waals surface area (Å²) in [5.41, 5.74) is 2.63. The van der Waals surface area contributed by atoms with Crippen molar-refractivity contribution >= 4 is 28.5 Å². The van der Waals surface area contributed by atoms with Crippen LogP contribution in [-0.4, -0.2) is 73.5 Å². The van der Waals surface area contributed by atoms with Crippen molar-refractivity contribution in [2.75, 3.05) is 26.2 Å². The van der Waals surface area contributed by atoms with Gasteiger partial charge in [-0.1, -0.05) is 18.2 Å². The molecule has 1 aliphatic rings. The minimum atomic E-state index is -0.597. The summed E-state index contributed by atoms with van der Waals surface area (Å²) in [7, 11) is 0. The molecule has 4 aromatic rings. The van der Waals surface area contributed by atoms with Crippen molar-refractivity contribution in [1.29, 1.82) is 0 Å². The van der Waals surface area contributed by atoms with Gasteiger partial charge in [-0.25, -0.2) is 0 Å². The lowest BCUT2D eigenvalue weighted by Gasteiger charge is -2.34. The Bertz CT molecular complexity index is 1330. The second-order valence-corrected chi connectivity index (χ2v) is 7.65. The van der Waals surface area contributed by atoms with E-state index in [9.17, 15) is 14.4 Å². The number of fused-ring (bicyclic) bond motifs is 1. The number of amides is 2. The highest BCUT2D eigenvalue weighted by Crippen LogP contribution is 2.26. The van der Waals surface area contributed by atoms with Gasteiger partial charge in [0, 0.05) is 61.9 Å². The fourth-order valence-electron chi connectivity index (χ4n) is 3.99. The van der Waals surface area contributed by atoms with Gasteiger partial charge in [-0.2, -0.15) is 0 Å². The van der Waals surface area contributed by atoms with E-state index in [1.165, 1.54) is 11.1 Å². The number of aromatic amines is 1. The zero-order chi connectivity index (χ0) is 22.8. The molecule has 0 unspecified atom stereocenters. The van der Waals surface area contributed by atoms with E-state index in [0.717, 1.165) is 0 Å². The molecule has 4 heterocycles. The van der Waals surface area contributed by atoms with E-state index in [2.05, 4.69) is 19.9 Å². The number of carbonyl (C=O) groups is 3. The number of aromatic nitrogens is 4. The van der Waals surface area contributed by atoms with Gasteiger partial charge in [-0.15, -0.1) is 0 Å². The summed E-state index contributed by atoms with van der Waals surface area (Å²) in [6.45, 7) is 1.36. The van der Waals surface area contributed by atoms with Crippen molar-refractivity contribution < 1.29 is 14.4 Å². The molecule has 9 heteroatoms. The minimum absolute atomic E-state index is 0.0744. The number of piperazine rings is 1. The van der Waals surface area contributed by atoms with Gasteiger partial charge in [0.15, 0.2) is 0 Å². The van der Waals surface area contributed by atoms with E-state index in [-0.39, 0.29) is 11.5 Å². The van der Waals surface area contributed by atoms with Crippen molar-refractivity contribution in [3.05, 3.63) is 78.5 Å². The van der Waals surface area contributed by atoms with Crippen LogP contribution >= 0.6 is 0 Å². The van der Waals surface area contributed by atoms with Crippen LogP contribution in [0.5, 0.6) is 0 Å². The molecule has 0 atom stereocenters. The Morgan fingerprint density at radius 3 is 2.33 bits per heavy atom. The summed E-state index contributed by atoms with van der Waals surface area (Å²) in [5, 5.41) is 0.599. The van der Waals surface area contributed by atoms with Crippen LogP contribution in [0.3, 0.4) is 0 Å². The molecule has 9 nitrogen and oxygen atoms in total. The van der Waals surface area contributed by atoms with Crippen molar-refractivity contribution in [3.63, 3.8) is 0 Å². The topological polar surface area (TPSA) is 112 Å². The molecule has 1 aliphatic heterocycles. The number of rotatable bonds is 4. The number of benzene rings is 1. The zero-order valence-corrected chi connectivity index (χ0v) is 17.6. The van der Waals surface area contributed by atoms with Gasteiger partial charge in [0.05, 0.1) is 17.3 Å². The number of nitrogens with one attached hydrogen (secondary N) is 1. The quantitative estimate of drug-likeness (QED) is 0.385. The number of H-pyrrole nitrogens is 1. The summed E-state index contributed by atoms with van der Waals surface area (Å²) in [4.78, 5) is 57.6. The highest BCUT2D eigenvalue weighted by molar-refractivity contribution is 6.45. The van der Waals surface area contributed by atoms with Gasteiger partial charge in [-0.05, 0) is 18.2 Å².